The topological polar surface area (TPSA) is 71.5 Å². The Morgan fingerprint density at radius 1 is 1.52 bits per heavy atom. The lowest BCUT2D eigenvalue weighted by Crippen LogP contribution is -2.39. The Balaban J connectivity index is 1.98. The lowest BCUT2D eigenvalue weighted by Gasteiger charge is -2.22. The fourth-order valence-electron chi connectivity index (χ4n) is 2.21. The van der Waals surface area contributed by atoms with E-state index in [9.17, 15) is 0 Å². The quantitative estimate of drug-likeness (QED) is 0.644. The number of hydrogen-bond acceptors (Lipinski definition) is 4. The van der Waals surface area contributed by atoms with Crippen LogP contribution < -0.4 is 5.32 Å². The van der Waals surface area contributed by atoms with Gasteiger partial charge in [0.2, 0.25) is 5.89 Å². The monoisotopic (exact) mass is 338 g/mol. The molecule has 8 heteroatoms. The van der Waals surface area contributed by atoms with E-state index in [-0.39, 0.29) is 0 Å². The Hall–Kier alpha value is -2.02. The Morgan fingerprint density at radius 3 is 2.87 bits per heavy atom. The van der Waals surface area contributed by atoms with Gasteiger partial charge < -0.3 is 19.3 Å². The van der Waals surface area contributed by atoms with Gasteiger partial charge >= 0.3 is 0 Å². The Morgan fingerprint density at radius 2 is 2.30 bits per heavy atom. The van der Waals surface area contributed by atoms with E-state index in [1.165, 1.54) is 0 Å². The largest absolute Gasteiger partial charge is 0.357 e. The summed E-state index contributed by atoms with van der Waals surface area (Å²) in [6.45, 7) is 5.96. The zero-order valence-electron chi connectivity index (χ0n) is 14.0. The van der Waals surface area contributed by atoms with Gasteiger partial charge in [-0.05, 0) is 19.9 Å². The molecule has 126 valence electrons. The van der Waals surface area contributed by atoms with Crippen LogP contribution in [0.1, 0.15) is 24.3 Å². The smallest absolute Gasteiger partial charge is 0.228 e. The van der Waals surface area contributed by atoms with E-state index in [1.807, 2.05) is 37.8 Å². The van der Waals surface area contributed by atoms with Gasteiger partial charge in [-0.25, -0.2) is 0 Å². The van der Waals surface area contributed by atoms with Crippen LogP contribution in [0.4, 0.5) is 0 Å². The van der Waals surface area contributed by atoms with Gasteiger partial charge in [-0.15, -0.1) is 0 Å². The Labute approximate surface area is 141 Å². The van der Waals surface area contributed by atoms with Crippen molar-refractivity contribution < 1.29 is 4.52 Å². The zero-order valence-corrected chi connectivity index (χ0v) is 14.8. The van der Waals surface area contributed by atoms with E-state index < -0.39 is 0 Å². The minimum absolute atomic E-state index is 0.586. The summed E-state index contributed by atoms with van der Waals surface area (Å²) in [6, 6.07) is 1.96. The molecule has 2 rings (SSSR count). The molecular formula is C15H23ClN6O. The molecule has 1 N–H and O–H groups in total. The third-order valence-corrected chi connectivity index (χ3v) is 3.53. The van der Waals surface area contributed by atoms with Crippen molar-refractivity contribution in [3.05, 3.63) is 34.7 Å². The van der Waals surface area contributed by atoms with E-state index in [0.717, 1.165) is 23.2 Å². The normalized spacial score (nSPS) is 11.8. The Bertz CT molecular complexity index is 663. The highest BCUT2D eigenvalue weighted by atomic mass is 35.5. The van der Waals surface area contributed by atoms with E-state index >= 15 is 0 Å². The minimum atomic E-state index is 0.586. The molecule has 0 aliphatic rings. The molecular weight excluding hydrogens is 316 g/mol. The number of rotatable bonds is 6. The molecule has 2 aromatic heterocycles. The molecule has 0 spiro atoms. The summed E-state index contributed by atoms with van der Waals surface area (Å²) in [4.78, 5) is 10.9. The predicted octanol–water partition coefficient (Wildman–Crippen LogP) is 2.01. The van der Waals surface area contributed by atoms with Crippen LogP contribution in [-0.4, -0.2) is 45.7 Å². The molecule has 0 aliphatic heterocycles. The highest BCUT2D eigenvalue weighted by Gasteiger charge is 2.10. The summed E-state index contributed by atoms with van der Waals surface area (Å²) < 4.78 is 7.12. The van der Waals surface area contributed by atoms with Crippen molar-refractivity contribution in [3.63, 3.8) is 0 Å². The molecule has 0 saturated heterocycles. The third kappa shape index (κ3) is 4.99. The number of halogens is 1. The molecule has 2 aromatic rings. The number of aryl methyl sites for hydroxylation is 2. The molecule has 2 heterocycles. The summed E-state index contributed by atoms with van der Waals surface area (Å²) in [5.41, 5.74) is 1.12. The lowest BCUT2D eigenvalue weighted by molar-refractivity contribution is 0.375. The van der Waals surface area contributed by atoms with Crippen molar-refractivity contribution in [2.75, 3.05) is 20.1 Å². The molecule has 0 atom stereocenters. The molecule has 0 unspecified atom stereocenters. The maximum atomic E-state index is 6.03. The van der Waals surface area contributed by atoms with Crippen LogP contribution in [0.25, 0.3) is 0 Å². The van der Waals surface area contributed by atoms with Gasteiger partial charge in [0.1, 0.15) is 0 Å². The van der Waals surface area contributed by atoms with Crippen molar-refractivity contribution in [2.45, 2.75) is 26.8 Å². The zero-order chi connectivity index (χ0) is 16.8. The van der Waals surface area contributed by atoms with Gasteiger partial charge in [-0.1, -0.05) is 16.8 Å². The molecule has 0 fully saturated rings. The van der Waals surface area contributed by atoms with Crippen LogP contribution in [0.15, 0.2) is 21.8 Å². The summed E-state index contributed by atoms with van der Waals surface area (Å²) >= 11 is 6.03. The van der Waals surface area contributed by atoms with Crippen LogP contribution in [0.3, 0.4) is 0 Å². The van der Waals surface area contributed by atoms with E-state index in [4.69, 9.17) is 16.1 Å². The second-order valence-corrected chi connectivity index (χ2v) is 5.77. The molecule has 0 saturated carbocycles. The summed E-state index contributed by atoms with van der Waals surface area (Å²) in [6.07, 6.45) is 2.52. The molecule has 0 amide bonds. The number of nitrogens with one attached hydrogen (secondary N) is 1. The maximum Gasteiger partial charge on any atom is 0.228 e. The molecule has 0 radical (unpaired) electrons. The van der Waals surface area contributed by atoms with Crippen molar-refractivity contribution in [1.29, 1.82) is 0 Å². The Kier molecular flexibility index (Phi) is 6.04. The second kappa shape index (κ2) is 8.01. The average molecular weight is 339 g/mol. The SMILES string of the molecule is CCNC(=NCCc1nc(C)no1)N(C)Cc1cc(Cl)cn1C. The van der Waals surface area contributed by atoms with Gasteiger partial charge in [-0.2, -0.15) is 4.98 Å². The summed E-state index contributed by atoms with van der Waals surface area (Å²) in [5, 5.41) is 7.81. The average Bonchev–Trinajstić information content (AvgIpc) is 3.03. The van der Waals surface area contributed by atoms with Gasteiger partial charge in [0.05, 0.1) is 18.1 Å². The van der Waals surface area contributed by atoms with Crippen LogP contribution >= 0.6 is 11.6 Å². The first-order valence-corrected chi connectivity index (χ1v) is 7.96. The first-order chi connectivity index (χ1) is 11.0. The molecule has 0 bridgehead atoms. The van der Waals surface area contributed by atoms with E-state index in [1.54, 1.807) is 6.92 Å². The van der Waals surface area contributed by atoms with Crippen LogP contribution in [-0.2, 0) is 20.0 Å². The molecule has 0 aliphatic carbocycles. The highest BCUT2D eigenvalue weighted by Crippen LogP contribution is 2.14. The van der Waals surface area contributed by atoms with Crippen LogP contribution in [0, 0.1) is 6.92 Å². The predicted molar refractivity (Wildman–Crippen MR) is 90.6 cm³/mol. The molecule has 7 nitrogen and oxygen atoms in total. The number of hydrogen-bond donors (Lipinski definition) is 1. The van der Waals surface area contributed by atoms with E-state index in [0.29, 0.717) is 31.2 Å². The number of guanidine groups is 1. The number of nitrogens with zero attached hydrogens (tertiary/aromatic N) is 5. The van der Waals surface area contributed by atoms with Gasteiger partial charge in [0.25, 0.3) is 0 Å². The van der Waals surface area contributed by atoms with Crippen molar-refractivity contribution >= 4 is 17.6 Å². The minimum Gasteiger partial charge on any atom is -0.357 e. The lowest BCUT2D eigenvalue weighted by atomic mass is 10.4. The standard InChI is InChI=1S/C15H23ClN6O/c1-5-17-15(18-7-6-14-19-11(2)20-23-14)22(4)10-13-8-12(16)9-21(13)3/h8-9H,5-7,10H2,1-4H3,(H,17,18). The fraction of sp³-hybridized carbons (Fsp3) is 0.533. The highest BCUT2D eigenvalue weighted by molar-refractivity contribution is 6.30. The van der Waals surface area contributed by atoms with Crippen molar-refractivity contribution in [1.82, 2.24) is 24.9 Å². The maximum absolute atomic E-state index is 6.03. The van der Waals surface area contributed by atoms with Gasteiger partial charge in [0, 0.05) is 39.0 Å². The van der Waals surface area contributed by atoms with Crippen molar-refractivity contribution in [2.24, 2.45) is 12.0 Å². The first-order valence-electron chi connectivity index (χ1n) is 7.59. The summed E-state index contributed by atoms with van der Waals surface area (Å²) in [7, 11) is 3.98. The molecule has 23 heavy (non-hydrogen) atoms. The fourth-order valence-corrected chi connectivity index (χ4v) is 2.48. The van der Waals surface area contributed by atoms with Crippen LogP contribution in [0.5, 0.6) is 0 Å². The molecule has 0 aromatic carbocycles. The first kappa shape index (κ1) is 17.3. The summed E-state index contributed by atoms with van der Waals surface area (Å²) in [5.74, 6) is 2.09. The number of aliphatic imine (C=N–C) groups is 1. The third-order valence-electron chi connectivity index (χ3n) is 3.33. The van der Waals surface area contributed by atoms with Crippen molar-refractivity contribution in [3.8, 4) is 0 Å². The number of aromatic nitrogens is 3. The van der Waals surface area contributed by atoms with Crippen LogP contribution in [0.2, 0.25) is 5.02 Å². The second-order valence-electron chi connectivity index (χ2n) is 5.34. The van der Waals surface area contributed by atoms with Gasteiger partial charge in [0.15, 0.2) is 11.8 Å². The van der Waals surface area contributed by atoms with E-state index in [2.05, 4.69) is 25.3 Å². The van der Waals surface area contributed by atoms with Gasteiger partial charge in [-0.3, -0.25) is 4.99 Å².